The lowest BCUT2D eigenvalue weighted by Gasteiger charge is -2.32. The highest BCUT2D eigenvalue weighted by Crippen LogP contribution is 2.34. The van der Waals surface area contributed by atoms with Crippen molar-refractivity contribution in [3.63, 3.8) is 0 Å². The number of hydrogen-bond acceptors (Lipinski definition) is 6. The first-order chi connectivity index (χ1) is 19.6. The SMILES string of the molecule is CN1CCN(C(=O)Nc2cncc(-c3cnc4[nH]nc(-c5cc6c(-c7cccnc7)cccc6[nH]5)c4c3)c2)CC1. The van der Waals surface area contributed by atoms with Crippen LogP contribution in [0.5, 0.6) is 0 Å². The van der Waals surface area contributed by atoms with Crippen molar-refractivity contribution in [2.75, 3.05) is 38.5 Å². The van der Waals surface area contributed by atoms with Gasteiger partial charge in [-0.25, -0.2) is 9.78 Å². The second kappa shape index (κ2) is 9.90. The summed E-state index contributed by atoms with van der Waals surface area (Å²) in [6.07, 6.45) is 8.88. The van der Waals surface area contributed by atoms with Gasteiger partial charge < -0.3 is 20.1 Å². The summed E-state index contributed by atoms with van der Waals surface area (Å²) < 4.78 is 0. The smallest absolute Gasteiger partial charge is 0.321 e. The number of aromatic amines is 2. The Morgan fingerprint density at radius 3 is 2.58 bits per heavy atom. The number of nitrogens with one attached hydrogen (secondary N) is 3. The molecule has 2 amide bonds. The van der Waals surface area contributed by atoms with Crippen LogP contribution in [0.1, 0.15) is 0 Å². The zero-order valence-electron chi connectivity index (χ0n) is 21.9. The van der Waals surface area contributed by atoms with E-state index in [1.807, 2.05) is 29.3 Å². The second-order valence-electron chi connectivity index (χ2n) is 10.1. The molecule has 6 heterocycles. The fourth-order valence-electron chi connectivity index (χ4n) is 5.20. The summed E-state index contributed by atoms with van der Waals surface area (Å²) in [6, 6.07) is 16.2. The fourth-order valence-corrected chi connectivity index (χ4v) is 5.20. The summed E-state index contributed by atoms with van der Waals surface area (Å²) in [5.41, 5.74) is 7.93. The molecule has 0 unspecified atom stereocenters. The largest absolute Gasteiger partial charge is 0.353 e. The minimum atomic E-state index is -0.109. The van der Waals surface area contributed by atoms with Crippen molar-refractivity contribution in [2.45, 2.75) is 0 Å². The number of aromatic nitrogens is 6. The van der Waals surface area contributed by atoms with E-state index in [-0.39, 0.29) is 6.03 Å². The van der Waals surface area contributed by atoms with Crippen molar-refractivity contribution in [1.29, 1.82) is 0 Å². The Labute approximate surface area is 230 Å². The maximum absolute atomic E-state index is 12.8. The minimum absolute atomic E-state index is 0.109. The molecule has 0 aliphatic carbocycles. The predicted octanol–water partition coefficient (Wildman–Crippen LogP) is 5.01. The van der Waals surface area contributed by atoms with Crippen molar-refractivity contribution < 1.29 is 4.79 Å². The summed E-state index contributed by atoms with van der Waals surface area (Å²) >= 11 is 0. The Kier molecular flexibility index (Phi) is 5.94. The van der Waals surface area contributed by atoms with E-state index in [1.165, 1.54) is 0 Å². The van der Waals surface area contributed by atoms with Crippen LogP contribution >= 0.6 is 0 Å². The summed E-state index contributed by atoms with van der Waals surface area (Å²) in [6.45, 7) is 3.14. The van der Waals surface area contributed by atoms with Crippen LogP contribution in [-0.2, 0) is 0 Å². The predicted molar refractivity (Wildman–Crippen MR) is 156 cm³/mol. The van der Waals surface area contributed by atoms with Crippen LogP contribution in [0.2, 0.25) is 0 Å². The Balaban J connectivity index is 1.20. The summed E-state index contributed by atoms with van der Waals surface area (Å²) in [7, 11) is 2.07. The fraction of sp³-hybridized carbons (Fsp3) is 0.167. The molecular formula is C30H27N9O. The molecule has 6 aromatic rings. The molecule has 0 spiro atoms. The van der Waals surface area contributed by atoms with E-state index in [4.69, 9.17) is 0 Å². The molecular weight excluding hydrogens is 502 g/mol. The number of fused-ring (bicyclic) bond motifs is 2. The number of rotatable bonds is 4. The zero-order valence-corrected chi connectivity index (χ0v) is 21.9. The average Bonchev–Trinajstić information content (AvgIpc) is 3.62. The minimum Gasteiger partial charge on any atom is -0.353 e. The number of urea groups is 1. The summed E-state index contributed by atoms with van der Waals surface area (Å²) in [5.74, 6) is 0. The number of hydrogen-bond donors (Lipinski definition) is 3. The highest BCUT2D eigenvalue weighted by Gasteiger charge is 2.20. The van der Waals surface area contributed by atoms with Crippen LogP contribution in [-0.4, -0.2) is 79.2 Å². The molecule has 0 bridgehead atoms. The van der Waals surface area contributed by atoms with E-state index >= 15 is 0 Å². The van der Waals surface area contributed by atoms with Gasteiger partial charge in [0.1, 0.15) is 5.69 Å². The van der Waals surface area contributed by atoms with Crippen LogP contribution in [0.15, 0.2) is 79.5 Å². The van der Waals surface area contributed by atoms with Gasteiger partial charge in [0, 0.05) is 83.9 Å². The van der Waals surface area contributed by atoms with E-state index in [2.05, 4.69) is 77.7 Å². The summed E-state index contributed by atoms with van der Waals surface area (Å²) in [4.78, 5) is 33.7. The molecule has 1 aliphatic heterocycles. The van der Waals surface area contributed by atoms with Gasteiger partial charge in [-0.3, -0.25) is 15.1 Å². The van der Waals surface area contributed by atoms with E-state index in [0.29, 0.717) is 24.4 Å². The van der Waals surface area contributed by atoms with Crippen molar-refractivity contribution >= 4 is 33.7 Å². The molecule has 7 rings (SSSR count). The first-order valence-corrected chi connectivity index (χ1v) is 13.2. The Morgan fingerprint density at radius 2 is 1.73 bits per heavy atom. The summed E-state index contributed by atoms with van der Waals surface area (Å²) in [5, 5.41) is 12.6. The van der Waals surface area contributed by atoms with Gasteiger partial charge >= 0.3 is 6.03 Å². The van der Waals surface area contributed by atoms with Crippen molar-refractivity contribution in [3.8, 4) is 33.6 Å². The maximum atomic E-state index is 12.8. The molecule has 198 valence electrons. The monoisotopic (exact) mass is 529 g/mol. The van der Waals surface area contributed by atoms with Gasteiger partial charge in [-0.2, -0.15) is 5.10 Å². The molecule has 3 N–H and O–H groups in total. The first kappa shape index (κ1) is 24.0. The second-order valence-corrected chi connectivity index (χ2v) is 10.1. The Hall–Kier alpha value is -5.09. The van der Waals surface area contributed by atoms with Gasteiger partial charge in [-0.1, -0.05) is 18.2 Å². The van der Waals surface area contributed by atoms with Crippen LogP contribution in [0.4, 0.5) is 10.5 Å². The molecule has 0 atom stereocenters. The molecule has 1 fully saturated rings. The number of piperazine rings is 1. The highest BCUT2D eigenvalue weighted by molar-refractivity contribution is 6.01. The molecule has 1 saturated heterocycles. The van der Waals surface area contributed by atoms with Gasteiger partial charge in [-0.15, -0.1) is 0 Å². The molecule has 0 saturated carbocycles. The Bertz CT molecular complexity index is 1830. The molecule has 1 aliphatic rings. The van der Waals surface area contributed by atoms with Gasteiger partial charge in [-0.05, 0) is 42.9 Å². The number of benzene rings is 1. The van der Waals surface area contributed by atoms with Gasteiger partial charge in [0.2, 0.25) is 0 Å². The standard InChI is InChI=1S/C30H27N9O/c1-38-8-10-39(11-9-38)30(40)34-22-12-20(16-32-18-22)21-13-25-28(36-37-29(25)33-17-21)27-14-24-23(5-2-6-26(24)35-27)19-4-3-7-31-15-19/h2-7,12-18,35H,8-11H2,1H3,(H,34,40)(H,33,36,37). The molecule has 0 radical (unpaired) electrons. The number of likely N-dealkylation sites (N-methyl/N-ethyl adjacent to an activating group) is 1. The lowest BCUT2D eigenvalue weighted by atomic mass is 10.0. The third-order valence-electron chi connectivity index (χ3n) is 7.42. The quantitative estimate of drug-likeness (QED) is 0.295. The normalized spacial score (nSPS) is 14.2. The van der Waals surface area contributed by atoms with E-state index in [9.17, 15) is 4.79 Å². The van der Waals surface area contributed by atoms with E-state index < -0.39 is 0 Å². The number of H-pyrrole nitrogens is 2. The molecule has 1 aromatic carbocycles. The van der Waals surface area contributed by atoms with Gasteiger partial charge in [0.15, 0.2) is 5.65 Å². The Morgan fingerprint density at radius 1 is 0.875 bits per heavy atom. The zero-order chi connectivity index (χ0) is 27.1. The lowest BCUT2D eigenvalue weighted by Crippen LogP contribution is -2.48. The lowest BCUT2D eigenvalue weighted by molar-refractivity contribution is 0.164. The molecule has 10 heteroatoms. The van der Waals surface area contributed by atoms with Crippen molar-refractivity contribution in [1.82, 2.24) is 39.9 Å². The van der Waals surface area contributed by atoms with Crippen molar-refractivity contribution in [2.24, 2.45) is 0 Å². The molecule has 40 heavy (non-hydrogen) atoms. The molecule has 5 aromatic heterocycles. The van der Waals surface area contributed by atoms with Gasteiger partial charge in [0.05, 0.1) is 17.6 Å². The number of nitrogens with zero attached hydrogens (tertiary/aromatic N) is 6. The number of pyridine rings is 3. The van der Waals surface area contributed by atoms with Crippen molar-refractivity contribution in [3.05, 3.63) is 79.5 Å². The third kappa shape index (κ3) is 4.44. The third-order valence-corrected chi connectivity index (χ3v) is 7.42. The van der Waals surface area contributed by atoms with Crippen LogP contribution in [0.3, 0.4) is 0 Å². The van der Waals surface area contributed by atoms with Gasteiger partial charge in [0.25, 0.3) is 0 Å². The van der Waals surface area contributed by atoms with Crippen LogP contribution < -0.4 is 5.32 Å². The maximum Gasteiger partial charge on any atom is 0.321 e. The molecule has 10 nitrogen and oxygen atoms in total. The van der Waals surface area contributed by atoms with E-state index in [0.717, 1.165) is 63.0 Å². The number of anilines is 1. The number of carbonyl (C=O) groups excluding carboxylic acids is 1. The number of carbonyl (C=O) groups is 1. The first-order valence-electron chi connectivity index (χ1n) is 13.2. The topological polar surface area (TPSA) is 119 Å². The highest BCUT2D eigenvalue weighted by atomic mass is 16.2. The number of amides is 2. The van der Waals surface area contributed by atoms with E-state index in [1.54, 1.807) is 24.8 Å². The van der Waals surface area contributed by atoms with Crippen LogP contribution in [0.25, 0.3) is 55.6 Å². The average molecular weight is 530 g/mol. The van der Waals surface area contributed by atoms with Crippen LogP contribution in [0, 0.1) is 0 Å².